The van der Waals surface area contributed by atoms with Crippen LogP contribution in [0.15, 0.2) is 42.9 Å². The summed E-state index contributed by atoms with van der Waals surface area (Å²) in [6.45, 7) is 4.79. The lowest BCUT2D eigenvalue weighted by atomic mass is 10.1. The van der Waals surface area contributed by atoms with Crippen LogP contribution in [0.5, 0.6) is 5.88 Å². The van der Waals surface area contributed by atoms with Crippen molar-refractivity contribution in [3.05, 3.63) is 48.4 Å². The molecule has 0 radical (unpaired) electrons. The molecular weight excluding hydrogens is 328 g/mol. The number of aromatic nitrogens is 3. The first-order valence-corrected chi connectivity index (χ1v) is 8.98. The van der Waals surface area contributed by atoms with E-state index in [9.17, 15) is 4.79 Å². The summed E-state index contributed by atoms with van der Waals surface area (Å²) >= 11 is 0. The molecule has 134 valence electrons. The van der Waals surface area contributed by atoms with Crippen LogP contribution < -0.4 is 10.1 Å². The van der Waals surface area contributed by atoms with Gasteiger partial charge < -0.3 is 14.5 Å². The van der Waals surface area contributed by atoms with Crippen LogP contribution in [0.2, 0.25) is 0 Å². The number of carbonyl (C=O) groups is 1. The lowest BCUT2D eigenvalue weighted by Crippen LogP contribution is -2.25. The Morgan fingerprint density at radius 3 is 2.77 bits per heavy atom. The third-order valence-electron chi connectivity index (χ3n) is 4.25. The number of nitrogens with one attached hydrogen (secondary N) is 1. The van der Waals surface area contributed by atoms with Gasteiger partial charge in [0.1, 0.15) is 0 Å². The first kappa shape index (κ1) is 16.6. The second-order valence-electron chi connectivity index (χ2n) is 7.12. The summed E-state index contributed by atoms with van der Waals surface area (Å²) in [6, 6.07) is 7.88. The highest BCUT2D eigenvalue weighted by atomic mass is 16.5. The molecular formula is C20H22N4O2. The molecule has 0 atom stereocenters. The Morgan fingerprint density at radius 1 is 1.31 bits per heavy atom. The first-order chi connectivity index (χ1) is 12.6. The van der Waals surface area contributed by atoms with Crippen molar-refractivity contribution in [2.24, 2.45) is 5.92 Å². The Hall–Kier alpha value is -2.89. The number of amides is 1. The van der Waals surface area contributed by atoms with Crippen molar-refractivity contribution in [3.8, 4) is 17.1 Å². The summed E-state index contributed by atoms with van der Waals surface area (Å²) < 4.78 is 7.68. The maximum atomic E-state index is 12.1. The highest BCUT2D eigenvalue weighted by Crippen LogP contribution is 2.24. The molecule has 4 rings (SSSR count). The molecule has 2 heterocycles. The SMILES string of the molecule is CC(C)COc1nccn2cc(-c3ccc(C(=O)NC4CC4)cc3)nc12. The molecule has 1 aliphatic carbocycles. The second-order valence-corrected chi connectivity index (χ2v) is 7.12. The summed E-state index contributed by atoms with van der Waals surface area (Å²) in [5, 5.41) is 3.00. The molecule has 1 saturated carbocycles. The van der Waals surface area contributed by atoms with E-state index < -0.39 is 0 Å². The standard InChI is InChI=1S/C20H22N4O2/c1-13(2)12-26-20-18-23-17(11-24(18)10-9-21-20)14-3-5-15(6-4-14)19(25)22-16-7-8-16/h3-6,9-11,13,16H,7-8,12H2,1-2H3,(H,22,25). The number of fused-ring (bicyclic) bond motifs is 1. The van der Waals surface area contributed by atoms with Gasteiger partial charge in [-0.25, -0.2) is 9.97 Å². The number of hydrogen-bond donors (Lipinski definition) is 1. The summed E-state index contributed by atoms with van der Waals surface area (Å²) in [4.78, 5) is 21.1. The summed E-state index contributed by atoms with van der Waals surface area (Å²) in [5.41, 5.74) is 3.14. The van der Waals surface area contributed by atoms with Gasteiger partial charge in [-0.15, -0.1) is 0 Å². The molecule has 1 amide bonds. The number of hydrogen-bond acceptors (Lipinski definition) is 4. The lowest BCUT2D eigenvalue weighted by molar-refractivity contribution is 0.0951. The van der Waals surface area contributed by atoms with Crippen molar-refractivity contribution in [3.63, 3.8) is 0 Å². The van der Waals surface area contributed by atoms with Gasteiger partial charge in [-0.3, -0.25) is 4.79 Å². The van der Waals surface area contributed by atoms with Crippen LogP contribution in [0.25, 0.3) is 16.9 Å². The van der Waals surface area contributed by atoms with Crippen molar-refractivity contribution >= 4 is 11.6 Å². The predicted octanol–water partition coefficient (Wildman–Crippen LogP) is 3.32. The van der Waals surface area contributed by atoms with E-state index in [1.54, 1.807) is 6.20 Å². The van der Waals surface area contributed by atoms with Crippen LogP contribution in [0, 0.1) is 5.92 Å². The van der Waals surface area contributed by atoms with Gasteiger partial charge in [-0.1, -0.05) is 26.0 Å². The van der Waals surface area contributed by atoms with E-state index in [2.05, 4.69) is 29.1 Å². The smallest absolute Gasteiger partial charge is 0.258 e. The molecule has 1 fully saturated rings. The molecule has 1 aromatic carbocycles. The average molecular weight is 350 g/mol. The van der Waals surface area contributed by atoms with E-state index in [4.69, 9.17) is 4.74 Å². The van der Waals surface area contributed by atoms with E-state index in [1.807, 2.05) is 41.1 Å². The van der Waals surface area contributed by atoms with Crippen LogP contribution in [0.1, 0.15) is 37.0 Å². The lowest BCUT2D eigenvalue weighted by Gasteiger charge is -2.07. The van der Waals surface area contributed by atoms with Crippen molar-refractivity contribution in [1.29, 1.82) is 0 Å². The number of rotatable bonds is 6. The van der Waals surface area contributed by atoms with E-state index in [1.165, 1.54) is 0 Å². The second kappa shape index (κ2) is 6.78. The summed E-state index contributed by atoms with van der Waals surface area (Å²) in [7, 11) is 0. The molecule has 3 aromatic rings. The summed E-state index contributed by atoms with van der Waals surface area (Å²) in [6.07, 6.45) is 7.67. The van der Waals surface area contributed by atoms with Gasteiger partial charge in [0.25, 0.3) is 11.8 Å². The van der Waals surface area contributed by atoms with Crippen molar-refractivity contribution in [1.82, 2.24) is 19.7 Å². The molecule has 0 bridgehead atoms. The number of nitrogens with zero attached hydrogens (tertiary/aromatic N) is 3. The normalized spacial score (nSPS) is 14.0. The molecule has 1 aliphatic rings. The fourth-order valence-electron chi connectivity index (χ4n) is 2.67. The largest absolute Gasteiger partial charge is 0.475 e. The topological polar surface area (TPSA) is 68.5 Å². The first-order valence-electron chi connectivity index (χ1n) is 8.98. The maximum Gasteiger partial charge on any atom is 0.258 e. The van der Waals surface area contributed by atoms with Gasteiger partial charge in [-0.05, 0) is 30.9 Å². The zero-order chi connectivity index (χ0) is 18.1. The molecule has 26 heavy (non-hydrogen) atoms. The third kappa shape index (κ3) is 3.54. The van der Waals surface area contributed by atoms with Crippen LogP contribution >= 0.6 is 0 Å². The number of benzene rings is 1. The number of ether oxygens (including phenoxy) is 1. The van der Waals surface area contributed by atoms with Gasteiger partial charge >= 0.3 is 0 Å². The average Bonchev–Trinajstić information content (AvgIpc) is 3.34. The quantitative estimate of drug-likeness (QED) is 0.740. The fraction of sp³-hybridized carbons (Fsp3) is 0.350. The molecule has 0 aliphatic heterocycles. The minimum atomic E-state index is -0.0115. The van der Waals surface area contributed by atoms with Gasteiger partial charge in [0, 0.05) is 35.8 Å². The molecule has 0 unspecified atom stereocenters. The Bertz CT molecular complexity index is 927. The highest BCUT2D eigenvalue weighted by Gasteiger charge is 2.23. The van der Waals surface area contributed by atoms with E-state index in [0.29, 0.717) is 35.7 Å². The molecule has 0 saturated heterocycles. The molecule has 2 aromatic heterocycles. The van der Waals surface area contributed by atoms with Gasteiger partial charge in [-0.2, -0.15) is 0 Å². The maximum absolute atomic E-state index is 12.1. The van der Waals surface area contributed by atoms with Crippen LogP contribution in [-0.4, -0.2) is 32.9 Å². The van der Waals surface area contributed by atoms with Crippen LogP contribution in [0.4, 0.5) is 0 Å². The van der Waals surface area contributed by atoms with Crippen molar-refractivity contribution < 1.29 is 9.53 Å². The Balaban J connectivity index is 1.58. The Kier molecular flexibility index (Phi) is 4.32. The molecule has 0 spiro atoms. The van der Waals surface area contributed by atoms with Crippen molar-refractivity contribution in [2.45, 2.75) is 32.7 Å². The van der Waals surface area contributed by atoms with Crippen LogP contribution in [-0.2, 0) is 0 Å². The van der Waals surface area contributed by atoms with Gasteiger partial charge in [0.05, 0.1) is 12.3 Å². The minimum Gasteiger partial charge on any atom is -0.475 e. The van der Waals surface area contributed by atoms with Crippen LogP contribution in [0.3, 0.4) is 0 Å². The summed E-state index contributed by atoms with van der Waals surface area (Å²) in [5.74, 6) is 0.941. The van der Waals surface area contributed by atoms with E-state index >= 15 is 0 Å². The van der Waals surface area contributed by atoms with Gasteiger partial charge in [0.15, 0.2) is 0 Å². The zero-order valence-electron chi connectivity index (χ0n) is 15.0. The molecule has 6 heteroatoms. The zero-order valence-corrected chi connectivity index (χ0v) is 15.0. The monoisotopic (exact) mass is 350 g/mol. The van der Waals surface area contributed by atoms with E-state index in [-0.39, 0.29) is 5.91 Å². The molecule has 1 N–H and O–H groups in total. The number of carbonyl (C=O) groups excluding carboxylic acids is 1. The number of imidazole rings is 1. The third-order valence-corrected chi connectivity index (χ3v) is 4.25. The molecule has 6 nitrogen and oxygen atoms in total. The Labute approximate surface area is 152 Å². The Morgan fingerprint density at radius 2 is 2.08 bits per heavy atom. The fourth-order valence-corrected chi connectivity index (χ4v) is 2.67. The van der Waals surface area contributed by atoms with Gasteiger partial charge in [0.2, 0.25) is 5.65 Å². The highest BCUT2D eigenvalue weighted by molar-refractivity contribution is 5.95. The predicted molar refractivity (Wildman–Crippen MR) is 99.2 cm³/mol. The van der Waals surface area contributed by atoms with Crippen molar-refractivity contribution in [2.75, 3.05) is 6.61 Å². The van der Waals surface area contributed by atoms with E-state index in [0.717, 1.165) is 24.1 Å². The minimum absolute atomic E-state index is 0.0115.